The van der Waals surface area contributed by atoms with Crippen molar-refractivity contribution < 1.29 is 18.7 Å². The van der Waals surface area contributed by atoms with Crippen molar-refractivity contribution in [1.29, 1.82) is 0 Å². The lowest BCUT2D eigenvalue weighted by Crippen LogP contribution is -2.29. The van der Waals surface area contributed by atoms with Crippen LogP contribution in [-0.4, -0.2) is 60.7 Å². The number of amides is 1. The van der Waals surface area contributed by atoms with Crippen LogP contribution >= 0.6 is 0 Å². The van der Waals surface area contributed by atoms with E-state index in [1.165, 1.54) is 19.1 Å². The number of aliphatic hydroxyl groups is 1. The Balaban J connectivity index is 1.50. The molecule has 3 aromatic rings. The van der Waals surface area contributed by atoms with Crippen molar-refractivity contribution in [2.24, 2.45) is 0 Å². The van der Waals surface area contributed by atoms with Crippen LogP contribution in [0.1, 0.15) is 45.1 Å². The fourth-order valence-electron chi connectivity index (χ4n) is 4.75. The molecule has 2 fully saturated rings. The lowest BCUT2D eigenvalue weighted by atomic mass is 9.93. The summed E-state index contributed by atoms with van der Waals surface area (Å²) >= 11 is 0. The van der Waals surface area contributed by atoms with Gasteiger partial charge in [-0.2, -0.15) is 4.98 Å². The van der Waals surface area contributed by atoms with E-state index in [-0.39, 0.29) is 29.8 Å². The topological polar surface area (TPSA) is 108 Å². The smallest absolute Gasteiger partial charge is 0.224 e. The maximum Gasteiger partial charge on any atom is 0.224 e. The predicted octanol–water partition coefficient (Wildman–Crippen LogP) is 3.36. The number of halogens is 2. The van der Waals surface area contributed by atoms with Gasteiger partial charge in [-0.15, -0.1) is 0 Å². The second kappa shape index (κ2) is 9.13. The van der Waals surface area contributed by atoms with E-state index in [1.54, 1.807) is 11.1 Å². The number of likely N-dealkylation sites (tertiary alicyclic amines) is 1. The largest absolute Gasteiger partial charge is 0.393 e. The minimum atomic E-state index is -0.733. The summed E-state index contributed by atoms with van der Waals surface area (Å²) in [6, 6.07) is 3.36. The number of hydrogen-bond acceptors (Lipinski definition) is 7. The normalized spacial score (nSPS) is 22.8. The minimum absolute atomic E-state index is 0.0116. The molecule has 1 amide bonds. The van der Waals surface area contributed by atoms with Crippen LogP contribution in [0.3, 0.4) is 0 Å². The monoisotopic (exact) mass is 471 g/mol. The first-order chi connectivity index (χ1) is 16.4. The van der Waals surface area contributed by atoms with Gasteiger partial charge in [0.05, 0.1) is 24.0 Å². The molecule has 5 rings (SSSR count). The molecule has 34 heavy (non-hydrogen) atoms. The van der Waals surface area contributed by atoms with Gasteiger partial charge in [-0.3, -0.25) is 9.36 Å². The van der Waals surface area contributed by atoms with Crippen LogP contribution in [0.25, 0.3) is 11.2 Å². The summed E-state index contributed by atoms with van der Waals surface area (Å²) in [4.78, 5) is 27.4. The number of rotatable bonds is 5. The quantitative estimate of drug-likeness (QED) is 0.524. The summed E-state index contributed by atoms with van der Waals surface area (Å²) in [6.07, 6.45) is 5.18. The fourth-order valence-corrected chi connectivity index (χ4v) is 4.75. The molecule has 0 radical (unpaired) electrons. The van der Waals surface area contributed by atoms with Gasteiger partial charge >= 0.3 is 0 Å². The van der Waals surface area contributed by atoms with Crippen LogP contribution in [0.4, 0.5) is 26.4 Å². The molecule has 2 aromatic heterocycles. The van der Waals surface area contributed by atoms with Crippen molar-refractivity contribution in [3.8, 4) is 0 Å². The van der Waals surface area contributed by atoms with E-state index in [0.717, 1.165) is 31.7 Å². The highest BCUT2D eigenvalue weighted by atomic mass is 19.1. The summed E-state index contributed by atoms with van der Waals surface area (Å²) in [5.74, 6) is -0.605. The zero-order chi connectivity index (χ0) is 23.8. The zero-order valence-corrected chi connectivity index (χ0v) is 18.8. The molecule has 1 atom stereocenters. The average molecular weight is 472 g/mol. The van der Waals surface area contributed by atoms with Crippen molar-refractivity contribution in [3.63, 3.8) is 0 Å². The maximum atomic E-state index is 14.4. The van der Waals surface area contributed by atoms with Gasteiger partial charge in [0.15, 0.2) is 5.65 Å². The molecule has 1 aliphatic carbocycles. The second-order valence-corrected chi connectivity index (χ2v) is 9.01. The first-order valence-corrected chi connectivity index (χ1v) is 11.5. The number of hydrogen-bond donors (Lipinski definition) is 3. The number of imidazole rings is 1. The molecule has 11 heteroatoms. The SMILES string of the molecule is CC(=O)N1CC[C@@H](n2c(Nc3ccc(F)cc3F)nc3cnc(NC4CCC(O)CC4)nc32)C1. The third-order valence-corrected chi connectivity index (χ3v) is 6.61. The number of fused-ring (bicyclic) bond motifs is 1. The number of carbonyl (C=O) groups excluding carboxylic acids is 1. The standard InChI is InChI=1S/C23H27F2N7O2/c1-13(33)31-9-8-16(12-31)32-21-20(29-23(32)28-19-7-2-14(24)10-18(19)25)11-26-22(30-21)27-15-3-5-17(34)6-4-15/h2,7,10-11,15-17,34H,3-6,8-9,12H2,1H3,(H,28,29)(H,26,27,30)/t15?,16-,17?/m1/s1. The summed E-state index contributed by atoms with van der Waals surface area (Å²) in [5.41, 5.74) is 1.18. The van der Waals surface area contributed by atoms with Gasteiger partial charge in [-0.1, -0.05) is 0 Å². The van der Waals surface area contributed by atoms with E-state index in [4.69, 9.17) is 4.98 Å². The van der Waals surface area contributed by atoms with Crippen molar-refractivity contribution in [2.45, 2.75) is 57.2 Å². The molecule has 3 N–H and O–H groups in total. The summed E-state index contributed by atoms with van der Waals surface area (Å²) in [6.45, 7) is 2.62. The minimum Gasteiger partial charge on any atom is -0.393 e. The van der Waals surface area contributed by atoms with E-state index in [2.05, 4.69) is 20.6 Å². The summed E-state index contributed by atoms with van der Waals surface area (Å²) in [5, 5.41) is 16.1. The Kier molecular flexibility index (Phi) is 6.03. The highest BCUT2D eigenvalue weighted by molar-refractivity contribution is 5.77. The second-order valence-electron chi connectivity index (χ2n) is 9.01. The van der Waals surface area contributed by atoms with Gasteiger partial charge in [0.2, 0.25) is 17.8 Å². The lowest BCUT2D eigenvalue weighted by Gasteiger charge is -2.26. The number of aromatic nitrogens is 4. The molecule has 1 saturated heterocycles. The number of benzene rings is 1. The Hall–Kier alpha value is -3.34. The summed E-state index contributed by atoms with van der Waals surface area (Å²) in [7, 11) is 0. The Labute approximate surface area is 195 Å². The van der Waals surface area contributed by atoms with E-state index >= 15 is 0 Å². The third kappa shape index (κ3) is 4.52. The van der Waals surface area contributed by atoms with E-state index in [0.29, 0.717) is 42.6 Å². The van der Waals surface area contributed by atoms with Crippen LogP contribution in [0.2, 0.25) is 0 Å². The molecule has 0 unspecified atom stereocenters. The van der Waals surface area contributed by atoms with Crippen LogP contribution in [0.5, 0.6) is 0 Å². The average Bonchev–Trinajstić information content (AvgIpc) is 3.41. The number of aliphatic hydroxyl groups excluding tert-OH is 1. The van der Waals surface area contributed by atoms with Crippen LogP contribution in [0.15, 0.2) is 24.4 Å². The van der Waals surface area contributed by atoms with Gasteiger partial charge in [-0.05, 0) is 44.2 Å². The predicted molar refractivity (Wildman–Crippen MR) is 123 cm³/mol. The van der Waals surface area contributed by atoms with E-state index in [1.807, 2.05) is 4.57 Å². The first-order valence-electron chi connectivity index (χ1n) is 11.5. The maximum absolute atomic E-state index is 14.4. The number of nitrogens with zero attached hydrogens (tertiary/aromatic N) is 5. The fraction of sp³-hybridized carbons (Fsp3) is 0.478. The van der Waals surface area contributed by atoms with Crippen molar-refractivity contribution in [2.75, 3.05) is 23.7 Å². The van der Waals surface area contributed by atoms with Gasteiger partial charge < -0.3 is 20.6 Å². The molecular weight excluding hydrogens is 444 g/mol. The summed E-state index contributed by atoms with van der Waals surface area (Å²) < 4.78 is 29.6. The number of nitrogens with one attached hydrogen (secondary N) is 2. The van der Waals surface area contributed by atoms with Crippen LogP contribution in [-0.2, 0) is 4.79 Å². The zero-order valence-electron chi connectivity index (χ0n) is 18.8. The highest BCUT2D eigenvalue weighted by Crippen LogP contribution is 2.32. The Bertz CT molecular complexity index is 1210. The molecular formula is C23H27F2N7O2. The molecule has 2 aliphatic rings. The molecule has 180 valence electrons. The lowest BCUT2D eigenvalue weighted by molar-refractivity contribution is -0.127. The highest BCUT2D eigenvalue weighted by Gasteiger charge is 2.30. The van der Waals surface area contributed by atoms with Gasteiger partial charge in [0.25, 0.3) is 0 Å². The molecule has 1 aliphatic heterocycles. The molecule has 3 heterocycles. The Morgan fingerprint density at radius 2 is 1.94 bits per heavy atom. The molecule has 9 nitrogen and oxygen atoms in total. The Morgan fingerprint density at radius 1 is 1.15 bits per heavy atom. The van der Waals surface area contributed by atoms with E-state index in [9.17, 15) is 18.7 Å². The number of carbonyl (C=O) groups is 1. The Morgan fingerprint density at radius 3 is 2.65 bits per heavy atom. The van der Waals surface area contributed by atoms with Crippen LogP contribution in [0, 0.1) is 11.6 Å². The van der Waals surface area contributed by atoms with Crippen molar-refractivity contribution in [1.82, 2.24) is 24.4 Å². The van der Waals surface area contributed by atoms with Crippen molar-refractivity contribution in [3.05, 3.63) is 36.0 Å². The number of anilines is 3. The molecule has 0 spiro atoms. The van der Waals surface area contributed by atoms with Gasteiger partial charge in [-0.25, -0.2) is 18.7 Å². The first kappa shape index (κ1) is 22.5. The van der Waals surface area contributed by atoms with Crippen molar-refractivity contribution >= 4 is 34.7 Å². The molecule has 1 saturated carbocycles. The molecule has 1 aromatic carbocycles. The van der Waals surface area contributed by atoms with Gasteiger partial charge in [0.1, 0.15) is 17.2 Å². The third-order valence-electron chi connectivity index (χ3n) is 6.61. The van der Waals surface area contributed by atoms with E-state index < -0.39 is 11.6 Å². The van der Waals surface area contributed by atoms with Gasteiger partial charge in [0, 0.05) is 32.1 Å². The molecule has 0 bridgehead atoms. The van der Waals surface area contributed by atoms with Crippen LogP contribution < -0.4 is 10.6 Å².